The van der Waals surface area contributed by atoms with Crippen LogP contribution in [0.1, 0.15) is 17.3 Å². The van der Waals surface area contributed by atoms with E-state index in [-0.39, 0.29) is 11.6 Å². The molecule has 0 saturated carbocycles. The molecule has 3 rings (SSSR count). The van der Waals surface area contributed by atoms with Gasteiger partial charge in [0.05, 0.1) is 5.52 Å². The lowest BCUT2D eigenvalue weighted by Crippen LogP contribution is -1.94. The van der Waals surface area contributed by atoms with Crippen LogP contribution in [-0.2, 0) is 0 Å². The number of fused-ring (bicyclic) bond motifs is 1. The number of carbonyl (C=O) groups excluding carboxylic acids is 1. The summed E-state index contributed by atoms with van der Waals surface area (Å²) in [5, 5.41) is 0.942. The minimum absolute atomic E-state index is 0.0753. The van der Waals surface area contributed by atoms with Crippen molar-refractivity contribution in [3.63, 3.8) is 0 Å². The van der Waals surface area contributed by atoms with Crippen molar-refractivity contribution in [1.29, 1.82) is 0 Å². The van der Waals surface area contributed by atoms with E-state index in [1.807, 2.05) is 30.3 Å². The van der Waals surface area contributed by atoms with Crippen LogP contribution >= 0.6 is 0 Å². The van der Waals surface area contributed by atoms with E-state index < -0.39 is 0 Å². The molecule has 0 unspecified atom stereocenters. The van der Waals surface area contributed by atoms with E-state index in [1.165, 1.54) is 19.1 Å². The normalized spacial score (nSPS) is 10.7. The van der Waals surface area contributed by atoms with E-state index >= 15 is 0 Å². The van der Waals surface area contributed by atoms with E-state index in [1.54, 1.807) is 12.3 Å². The summed E-state index contributed by atoms with van der Waals surface area (Å²) in [4.78, 5) is 15.7. The van der Waals surface area contributed by atoms with E-state index in [2.05, 4.69) is 4.98 Å². The molecule has 0 bridgehead atoms. The van der Waals surface area contributed by atoms with Crippen LogP contribution < -0.4 is 0 Å². The van der Waals surface area contributed by atoms with Crippen molar-refractivity contribution in [2.24, 2.45) is 0 Å². The number of rotatable bonds is 2. The quantitative estimate of drug-likeness (QED) is 0.648. The summed E-state index contributed by atoms with van der Waals surface area (Å²) >= 11 is 0. The fourth-order valence-electron chi connectivity index (χ4n) is 2.21. The number of nitrogens with zero attached hydrogens (tertiary/aromatic N) is 1. The van der Waals surface area contributed by atoms with Crippen molar-refractivity contribution in [2.75, 3.05) is 0 Å². The molecule has 98 valence electrons. The second kappa shape index (κ2) is 4.85. The molecule has 1 aromatic heterocycles. The van der Waals surface area contributed by atoms with Gasteiger partial charge in [-0.2, -0.15) is 0 Å². The molecular weight excluding hydrogens is 253 g/mol. The van der Waals surface area contributed by atoms with Gasteiger partial charge in [0.15, 0.2) is 5.78 Å². The van der Waals surface area contributed by atoms with Crippen LogP contribution in [0, 0.1) is 5.82 Å². The molecule has 0 fully saturated rings. The molecule has 0 N–H and O–H groups in total. The molecule has 0 atom stereocenters. The smallest absolute Gasteiger partial charge is 0.159 e. The second-order valence-electron chi connectivity index (χ2n) is 4.66. The molecule has 0 amide bonds. The molecule has 2 nitrogen and oxygen atoms in total. The Morgan fingerprint density at radius 1 is 1.10 bits per heavy atom. The molecule has 1 heterocycles. The van der Waals surface area contributed by atoms with E-state index in [0.29, 0.717) is 11.1 Å². The van der Waals surface area contributed by atoms with Crippen LogP contribution in [-0.4, -0.2) is 10.8 Å². The fourth-order valence-corrected chi connectivity index (χ4v) is 2.21. The van der Waals surface area contributed by atoms with Gasteiger partial charge < -0.3 is 0 Å². The summed E-state index contributed by atoms with van der Waals surface area (Å²) in [6.45, 7) is 1.47. The van der Waals surface area contributed by atoms with Crippen LogP contribution in [0.5, 0.6) is 0 Å². The predicted molar refractivity (Wildman–Crippen MR) is 77.1 cm³/mol. The highest BCUT2D eigenvalue weighted by Crippen LogP contribution is 2.27. The molecular formula is C17H12FNO. The minimum Gasteiger partial charge on any atom is -0.295 e. The number of pyridine rings is 1. The molecule has 0 aliphatic rings. The number of benzene rings is 2. The van der Waals surface area contributed by atoms with Gasteiger partial charge in [0.2, 0.25) is 0 Å². The summed E-state index contributed by atoms with van der Waals surface area (Å²) in [6.07, 6.45) is 1.72. The number of carbonyl (C=O) groups is 1. The highest BCUT2D eigenvalue weighted by molar-refractivity contribution is 5.95. The van der Waals surface area contributed by atoms with E-state index in [4.69, 9.17) is 0 Å². The average molecular weight is 265 g/mol. The number of hydrogen-bond donors (Lipinski definition) is 0. The Hall–Kier alpha value is -2.55. The second-order valence-corrected chi connectivity index (χ2v) is 4.66. The Labute approximate surface area is 115 Å². The Bertz CT molecular complexity index is 811. The third kappa shape index (κ3) is 2.18. The molecule has 3 heteroatoms. The zero-order chi connectivity index (χ0) is 14.1. The molecule has 3 aromatic rings. The maximum absolute atomic E-state index is 14.0. The SMILES string of the molecule is CC(=O)c1ccc(F)c(-c2ccc3ncccc3c2)c1. The van der Waals surface area contributed by atoms with Crippen molar-refractivity contribution >= 4 is 16.7 Å². The van der Waals surface area contributed by atoms with Gasteiger partial charge in [0.1, 0.15) is 5.82 Å². The fraction of sp³-hybridized carbons (Fsp3) is 0.0588. The van der Waals surface area contributed by atoms with E-state index in [9.17, 15) is 9.18 Å². The summed E-state index contributed by atoms with van der Waals surface area (Å²) in [6, 6.07) is 13.7. The number of halogens is 1. The summed E-state index contributed by atoms with van der Waals surface area (Å²) < 4.78 is 14.0. The summed E-state index contributed by atoms with van der Waals surface area (Å²) in [5.74, 6) is -0.410. The highest BCUT2D eigenvalue weighted by atomic mass is 19.1. The molecule has 0 saturated heterocycles. The first-order valence-corrected chi connectivity index (χ1v) is 6.31. The van der Waals surface area contributed by atoms with Crippen LogP contribution in [0.2, 0.25) is 0 Å². The Balaban J connectivity index is 2.19. The third-order valence-electron chi connectivity index (χ3n) is 3.29. The highest BCUT2D eigenvalue weighted by Gasteiger charge is 2.09. The molecule has 0 spiro atoms. The van der Waals surface area contributed by atoms with Gasteiger partial charge in [-0.25, -0.2) is 4.39 Å². The van der Waals surface area contributed by atoms with Crippen LogP contribution in [0.4, 0.5) is 4.39 Å². The summed E-state index contributed by atoms with van der Waals surface area (Å²) in [5.41, 5.74) is 2.54. The van der Waals surface area contributed by atoms with Crippen molar-refractivity contribution in [3.05, 3.63) is 66.1 Å². The van der Waals surface area contributed by atoms with Crippen LogP contribution in [0.25, 0.3) is 22.0 Å². The largest absolute Gasteiger partial charge is 0.295 e. The van der Waals surface area contributed by atoms with Gasteiger partial charge in [-0.3, -0.25) is 9.78 Å². The molecule has 2 aromatic carbocycles. The lowest BCUT2D eigenvalue weighted by molar-refractivity contribution is 0.101. The first kappa shape index (κ1) is 12.5. The number of Topliss-reactive ketones (excluding diaryl/α,β-unsaturated/α-hetero) is 1. The first-order chi connectivity index (χ1) is 9.65. The van der Waals surface area contributed by atoms with Gasteiger partial charge in [-0.15, -0.1) is 0 Å². The van der Waals surface area contributed by atoms with Crippen molar-refractivity contribution < 1.29 is 9.18 Å². The van der Waals surface area contributed by atoms with Gasteiger partial charge in [0, 0.05) is 22.7 Å². The lowest BCUT2D eigenvalue weighted by atomic mass is 9.99. The zero-order valence-electron chi connectivity index (χ0n) is 10.9. The maximum Gasteiger partial charge on any atom is 0.159 e. The standard InChI is InChI=1S/C17H12FNO/c1-11(20)12-4-6-16(18)15(10-12)13-5-7-17-14(9-13)3-2-8-19-17/h2-10H,1H3. The maximum atomic E-state index is 14.0. The molecule has 0 radical (unpaired) electrons. The van der Waals surface area contributed by atoms with Gasteiger partial charge >= 0.3 is 0 Å². The minimum atomic E-state index is -0.335. The predicted octanol–water partition coefficient (Wildman–Crippen LogP) is 4.24. The van der Waals surface area contributed by atoms with Crippen molar-refractivity contribution in [1.82, 2.24) is 4.98 Å². The Kier molecular flexibility index (Phi) is 3.03. The zero-order valence-corrected chi connectivity index (χ0v) is 10.9. The van der Waals surface area contributed by atoms with E-state index in [0.717, 1.165) is 16.5 Å². The Morgan fingerprint density at radius 3 is 2.75 bits per heavy atom. The summed E-state index contributed by atoms with van der Waals surface area (Å²) in [7, 11) is 0. The molecule has 0 aliphatic heterocycles. The molecule has 20 heavy (non-hydrogen) atoms. The van der Waals surface area contributed by atoms with Crippen molar-refractivity contribution in [2.45, 2.75) is 6.92 Å². The van der Waals surface area contributed by atoms with Crippen LogP contribution in [0.3, 0.4) is 0 Å². The van der Waals surface area contributed by atoms with Gasteiger partial charge in [-0.1, -0.05) is 12.1 Å². The van der Waals surface area contributed by atoms with Crippen LogP contribution in [0.15, 0.2) is 54.7 Å². The van der Waals surface area contributed by atoms with Crippen molar-refractivity contribution in [3.8, 4) is 11.1 Å². The average Bonchev–Trinajstić information content (AvgIpc) is 2.47. The first-order valence-electron chi connectivity index (χ1n) is 6.31. The molecule has 0 aliphatic carbocycles. The lowest BCUT2D eigenvalue weighted by Gasteiger charge is -2.07. The van der Waals surface area contributed by atoms with Gasteiger partial charge in [-0.05, 0) is 48.9 Å². The number of ketones is 1. The topological polar surface area (TPSA) is 30.0 Å². The number of hydrogen-bond acceptors (Lipinski definition) is 2. The Morgan fingerprint density at radius 2 is 1.95 bits per heavy atom. The monoisotopic (exact) mass is 265 g/mol. The third-order valence-corrected chi connectivity index (χ3v) is 3.29. The number of aromatic nitrogens is 1. The van der Waals surface area contributed by atoms with Gasteiger partial charge in [0.25, 0.3) is 0 Å².